The summed E-state index contributed by atoms with van der Waals surface area (Å²) in [7, 11) is 1.46. The number of aliphatic hydroxyl groups excluding tert-OH is 1. The fraction of sp³-hybridized carbons (Fsp3) is 0.333. The van der Waals surface area contributed by atoms with E-state index in [1.807, 2.05) is 4.90 Å². The number of ether oxygens (including phenoxy) is 2. The summed E-state index contributed by atoms with van der Waals surface area (Å²) in [5, 5.41) is 27.3. The zero-order valence-corrected chi connectivity index (χ0v) is 21.8. The Balaban J connectivity index is 1.32. The molecular formula is C27H26F3N5O6. The lowest BCUT2D eigenvalue weighted by molar-refractivity contribution is -0.142. The second-order valence-electron chi connectivity index (χ2n) is 9.48. The van der Waals surface area contributed by atoms with Crippen LogP contribution in [0.4, 0.5) is 18.0 Å². The van der Waals surface area contributed by atoms with Crippen molar-refractivity contribution in [2.45, 2.75) is 31.2 Å². The average molecular weight is 574 g/mol. The zero-order valence-electron chi connectivity index (χ0n) is 21.8. The molecule has 14 heteroatoms. The van der Waals surface area contributed by atoms with Crippen molar-refractivity contribution >= 4 is 6.16 Å². The largest absolute Gasteiger partial charge is 0.506 e. The van der Waals surface area contributed by atoms with E-state index in [1.165, 1.54) is 31.4 Å². The third-order valence-corrected chi connectivity index (χ3v) is 6.73. The third kappa shape index (κ3) is 6.33. The van der Waals surface area contributed by atoms with Gasteiger partial charge in [-0.3, -0.25) is 4.90 Å². The highest BCUT2D eigenvalue weighted by Gasteiger charge is 2.40. The molecule has 2 N–H and O–H groups in total. The molecule has 0 radical (unpaired) electrons. The van der Waals surface area contributed by atoms with E-state index in [4.69, 9.17) is 19.1 Å². The summed E-state index contributed by atoms with van der Waals surface area (Å²) in [5.74, 6) is 0.204. The Morgan fingerprint density at radius 2 is 1.90 bits per heavy atom. The molecular weight excluding hydrogens is 547 g/mol. The lowest BCUT2D eigenvalue weighted by atomic mass is 10.0. The molecule has 0 bridgehead atoms. The van der Waals surface area contributed by atoms with Gasteiger partial charge in [-0.2, -0.15) is 23.3 Å². The van der Waals surface area contributed by atoms with Gasteiger partial charge in [0.1, 0.15) is 11.9 Å². The molecule has 11 nitrogen and oxygen atoms in total. The van der Waals surface area contributed by atoms with E-state index in [1.54, 1.807) is 24.3 Å². The molecule has 5 rings (SSSR count). The van der Waals surface area contributed by atoms with Gasteiger partial charge >= 0.3 is 12.3 Å². The van der Waals surface area contributed by atoms with Gasteiger partial charge < -0.3 is 24.2 Å². The van der Waals surface area contributed by atoms with E-state index in [9.17, 15) is 23.1 Å². The SMILES string of the molecule is COc1ccc(-n2ncc(-c3nc(-c4ccc([C@H](O)CN5CCC[C@H](OC(=O)O)C5)cc4)no3)c2C(F)(F)F)cc1. The maximum Gasteiger partial charge on any atom is 0.506 e. The van der Waals surface area contributed by atoms with Crippen molar-refractivity contribution in [2.75, 3.05) is 26.7 Å². The topological polar surface area (TPSA) is 136 Å². The molecule has 2 aromatic heterocycles. The Labute approximate surface area is 231 Å². The fourth-order valence-corrected chi connectivity index (χ4v) is 4.77. The first-order chi connectivity index (χ1) is 19.6. The highest BCUT2D eigenvalue weighted by Crippen LogP contribution is 2.38. The quantitative estimate of drug-likeness (QED) is 0.283. The molecule has 1 aliphatic heterocycles. The van der Waals surface area contributed by atoms with Crippen molar-refractivity contribution < 1.29 is 42.2 Å². The van der Waals surface area contributed by atoms with Gasteiger partial charge in [-0.1, -0.05) is 29.4 Å². The summed E-state index contributed by atoms with van der Waals surface area (Å²) >= 11 is 0. The summed E-state index contributed by atoms with van der Waals surface area (Å²) in [5.41, 5.74) is -0.192. The van der Waals surface area contributed by atoms with Crippen molar-refractivity contribution in [1.82, 2.24) is 24.8 Å². The van der Waals surface area contributed by atoms with E-state index < -0.39 is 30.2 Å². The van der Waals surface area contributed by atoms with Gasteiger partial charge in [-0.05, 0) is 49.2 Å². The van der Waals surface area contributed by atoms with Crippen LogP contribution in [0.1, 0.15) is 30.2 Å². The minimum atomic E-state index is -4.77. The standard InChI is InChI=1S/C27H26F3N5O6/c1-39-19-10-8-18(9-11-19)35-23(27(28,29)30)21(13-31-35)25-32-24(33-41-25)17-6-4-16(5-7-17)22(36)15-34-12-2-3-20(14-34)40-26(37)38/h4-11,13,20,22,36H,2-3,12,14-15H2,1H3,(H,37,38)/t20-,22+/m0/s1. The van der Waals surface area contributed by atoms with E-state index in [2.05, 4.69) is 15.2 Å². The van der Waals surface area contributed by atoms with Gasteiger partial charge in [-0.15, -0.1) is 0 Å². The molecule has 0 saturated carbocycles. The number of carbonyl (C=O) groups is 1. The predicted molar refractivity (Wildman–Crippen MR) is 137 cm³/mol. The van der Waals surface area contributed by atoms with Crippen LogP contribution in [0.25, 0.3) is 28.5 Å². The molecule has 0 unspecified atom stereocenters. The number of likely N-dealkylation sites (tertiary alicyclic amines) is 1. The van der Waals surface area contributed by atoms with Gasteiger partial charge in [0, 0.05) is 18.7 Å². The minimum absolute atomic E-state index is 0.0658. The predicted octanol–water partition coefficient (Wildman–Crippen LogP) is 4.81. The number of β-amino-alcohol motifs (C(OH)–C–C–N with tert-alkyl or cyclic N) is 1. The van der Waals surface area contributed by atoms with Crippen LogP contribution < -0.4 is 4.74 Å². The summed E-state index contributed by atoms with van der Waals surface area (Å²) in [6.07, 6.45) is -4.98. The first-order valence-corrected chi connectivity index (χ1v) is 12.7. The Bertz CT molecular complexity index is 1490. The van der Waals surface area contributed by atoms with Crippen molar-refractivity contribution in [3.05, 3.63) is 66.0 Å². The van der Waals surface area contributed by atoms with Crippen molar-refractivity contribution in [3.8, 4) is 34.3 Å². The van der Waals surface area contributed by atoms with Crippen LogP contribution in [0.15, 0.2) is 59.3 Å². The smallest absolute Gasteiger partial charge is 0.497 e. The molecule has 1 aliphatic rings. The first-order valence-electron chi connectivity index (χ1n) is 12.7. The summed E-state index contributed by atoms with van der Waals surface area (Å²) < 4.78 is 58.2. The Hall–Kier alpha value is -4.43. The van der Waals surface area contributed by atoms with Crippen LogP contribution in [-0.2, 0) is 10.9 Å². The Morgan fingerprint density at radius 1 is 1.17 bits per heavy atom. The first kappa shape index (κ1) is 28.1. The molecule has 216 valence electrons. The Kier molecular flexibility index (Phi) is 7.94. The summed E-state index contributed by atoms with van der Waals surface area (Å²) in [4.78, 5) is 16.9. The van der Waals surface area contributed by atoms with Crippen LogP contribution in [0.3, 0.4) is 0 Å². The monoisotopic (exact) mass is 573 g/mol. The van der Waals surface area contributed by atoms with Gasteiger partial charge in [0.15, 0.2) is 5.69 Å². The zero-order chi connectivity index (χ0) is 29.1. The molecule has 2 atom stereocenters. The van der Waals surface area contributed by atoms with Crippen LogP contribution in [0, 0.1) is 0 Å². The van der Waals surface area contributed by atoms with Crippen LogP contribution >= 0.6 is 0 Å². The maximum absolute atomic E-state index is 14.1. The van der Waals surface area contributed by atoms with E-state index in [-0.39, 0.29) is 29.5 Å². The number of benzene rings is 2. The van der Waals surface area contributed by atoms with Crippen molar-refractivity contribution in [3.63, 3.8) is 0 Å². The number of halogens is 3. The van der Waals surface area contributed by atoms with Crippen molar-refractivity contribution in [2.24, 2.45) is 0 Å². The summed E-state index contributed by atoms with van der Waals surface area (Å²) in [6, 6.07) is 12.5. The maximum atomic E-state index is 14.1. The number of carboxylic acid groups (broad SMARTS) is 1. The number of piperidine rings is 1. The van der Waals surface area contributed by atoms with E-state index in [0.29, 0.717) is 36.4 Å². The van der Waals surface area contributed by atoms with E-state index in [0.717, 1.165) is 17.3 Å². The molecule has 0 spiro atoms. The number of alkyl halides is 3. The number of hydrogen-bond donors (Lipinski definition) is 2. The molecule has 0 aliphatic carbocycles. The van der Waals surface area contributed by atoms with Crippen LogP contribution in [0.5, 0.6) is 5.75 Å². The second kappa shape index (κ2) is 11.6. The number of nitrogens with zero attached hydrogens (tertiary/aromatic N) is 5. The highest BCUT2D eigenvalue weighted by molar-refractivity contribution is 5.63. The van der Waals surface area contributed by atoms with Crippen LogP contribution in [0.2, 0.25) is 0 Å². The molecule has 1 saturated heterocycles. The average Bonchev–Trinajstić information content (AvgIpc) is 3.61. The molecule has 0 amide bonds. The molecule has 3 heterocycles. The van der Waals surface area contributed by atoms with E-state index >= 15 is 0 Å². The Morgan fingerprint density at radius 3 is 2.56 bits per heavy atom. The van der Waals surface area contributed by atoms with Gasteiger partial charge in [0.05, 0.1) is 30.7 Å². The van der Waals surface area contributed by atoms with Gasteiger partial charge in [0.2, 0.25) is 5.82 Å². The molecule has 41 heavy (non-hydrogen) atoms. The number of aliphatic hydroxyl groups is 1. The highest BCUT2D eigenvalue weighted by atomic mass is 19.4. The van der Waals surface area contributed by atoms with Crippen LogP contribution in [-0.4, -0.2) is 74.0 Å². The normalized spacial score (nSPS) is 16.9. The number of methoxy groups -OCH3 is 1. The molecule has 1 fully saturated rings. The number of hydrogen-bond acceptors (Lipinski definition) is 9. The van der Waals surface area contributed by atoms with Gasteiger partial charge in [0.25, 0.3) is 5.89 Å². The number of aromatic nitrogens is 4. The lowest BCUT2D eigenvalue weighted by Crippen LogP contribution is -2.42. The lowest BCUT2D eigenvalue weighted by Gasteiger charge is -2.33. The summed E-state index contributed by atoms with van der Waals surface area (Å²) in [6.45, 7) is 1.38. The third-order valence-electron chi connectivity index (χ3n) is 6.73. The van der Waals surface area contributed by atoms with Gasteiger partial charge in [-0.25, -0.2) is 9.48 Å². The molecule has 4 aromatic rings. The minimum Gasteiger partial charge on any atom is -0.497 e. The number of rotatable bonds is 8. The van der Waals surface area contributed by atoms with Crippen molar-refractivity contribution in [1.29, 1.82) is 0 Å². The molecule has 2 aromatic carbocycles. The second-order valence-corrected chi connectivity index (χ2v) is 9.48. The fourth-order valence-electron chi connectivity index (χ4n) is 4.77.